The Morgan fingerprint density at radius 2 is 1.81 bits per heavy atom. The van der Waals surface area contributed by atoms with Crippen molar-refractivity contribution in [3.63, 3.8) is 0 Å². The van der Waals surface area contributed by atoms with Gasteiger partial charge in [0.2, 0.25) is 5.95 Å². The van der Waals surface area contributed by atoms with Crippen LogP contribution < -0.4 is 5.32 Å². The van der Waals surface area contributed by atoms with Crippen molar-refractivity contribution in [2.24, 2.45) is 0 Å². The summed E-state index contributed by atoms with van der Waals surface area (Å²) in [6.45, 7) is 0.452. The zero-order valence-corrected chi connectivity index (χ0v) is 16.4. The fourth-order valence-electron chi connectivity index (χ4n) is 3.45. The Kier molecular flexibility index (Phi) is 4.79. The fraction of sp³-hybridized carbons (Fsp3) is 0.0417. The van der Waals surface area contributed by atoms with Gasteiger partial charge in [-0.2, -0.15) is 15.5 Å². The van der Waals surface area contributed by atoms with Gasteiger partial charge in [-0.05, 0) is 34.5 Å². The van der Waals surface area contributed by atoms with Crippen LogP contribution in [0.15, 0.2) is 79.0 Å². The molecule has 0 amide bonds. The second-order valence-corrected chi connectivity index (χ2v) is 7.01. The zero-order chi connectivity index (χ0) is 21.0. The molecule has 3 aromatic carbocycles. The van der Waals surface area contributed by atoms with E-state index in [1.54, 1.807) is 18.3 Å². The van der Waals surface area contributed by atoms with Gasteiger partial charge in [0.25, 0.3) is 0 Å². The number of anilines is 1. The van der Waals surface area contributed by atoms with Gasteiger partial charge in [-0.15, -0.1) is 5.10 Å². The van der Waals surface area contributed by atoms with Gasteiger partial charge in [0.1, 0.15) is 0 Å². The highest BCUT2D eigenvalue weighted by atomic mass is 15.2. The predicted molar refractivity (Wildman–Crippen MR) is 119 cm³/mol. The van der Waals surface area contributed by atoms with Gasteiger partial charge in [0.15, 0.2) is 0 Å². The Bertz CT molecular complexity index is 1390. The molecule has 0 saturated carbocycles. The Hall–Kier alpha value is -4.57. The molecule has 31 heavy (non-hydrogen) atoms. The lowest BCUT2D eigenvalue weighted by atomic mass is 10.0. The van der Waals surface area contributed by atoms with E-state index in [0.717, 1.165) is 39.0 Å². The average molecular weight is 403 g/mol. The minimum Gasteiger partial charge on any atom is -0.347 e. The van der Waals surface area contributed by atoms with E-state index in [1.807, 2.05) is 42.5 Å². The number of nitrogens with one attached hydrogen (secondary N) is 2. The smallest absolute Gasteiger partial charge is 0.243 e. The number of H-pyrrole nitrogens is 1. The van der Waals surface area contributed by atoms with Crippen LogP contribution in [-0.2, 0) is 6.54 Å². The molecule has 0 aliphatic rings. The first-order valence-corrected chi connectivity index (χ1v) is 9.77. The van der Waals surface area contributed by atoms with E-state index < -0.39 is 0 Å². The zero-order valence-electron chi connectivity index (χ0n) is 16.4. The third-order valence-corrected chi connectivity index (χ3v) is 5.01. The number of nitriles is 1. The maximum Gasteiger partial charge on any atom is 0.243 e. The maximum absolute atomic E-state index is 8.93. The molecule has 148 valence electrons. The number of benzene rings is 3. The maximum atomic E-state index is 8.93. The summed E-state index contributed by atoms with van der Waals surface area (Å²) in [4.78, 5) is 4.64. The molecule has 5 aromatic rings. The number of aromatic nitrogens is 5. The molecule has 2 aromatic heterocycles. The van der Waals surface area contributed by atoms with E-state index in [9.17, 15) is 0 Å². The van der Waals surface area contributed by atoms with Crippen LogP contribution in [0, 0.1) is 11.3 Å². The first-order chi connectivity index (χ1) is 15.3. The van der Waals surface area contributed by atoms with Crippen LogP contribution in [0.3, 0.4) is 0 Å². The van der Waals surface area contributed by atoms with Crippen LogP contribution in [0.2, 0.25) is 0 Å². The molecular formula is C24H17N7. The van der Waals surface area contributed by atoms with Crippen LogP contribution >= 0.6 is 0 Å². The largest absolute Gasteiger partial charge is 0.347 e. The monoisotopic (exact) mass is 403 g/mol. The second-order valence-electron chi connectivity index (χ2n) is 7.01. The molecule has 0 unspecified atom stereocenters. The Balaban J connectivity index is 1.34. The number of fused-ring (bicyclic) bond motifs is 1. The third kappa shape index (κ3) is 3.82. The summed E-state index contributed by atoms with van der Waals surface area (Å²) in [7, 11) is 0. The molecule has 0 fully saturated rings. The molecule has 0 aliphatic heterocycles. The summed E-state index contributed by atoms with van der Waals surface area (Å²) in [5, 5.41) is 30.0. The third-order valence-electron chi connectivity index (χ3n) is 5.01. The number of hydrogen-bond donors (Lipinski definition) is 2. The lowest BCUT2D eigenvalue weighted by Crippen LogP contribution is -2.05. The number of rotatable bonds is 5. The molecule has 5 rings (SSSR count). The van der Waals surface area contributed by atoms with E-state index in [1.165, 1.54) is 0 Å². The molecule has 0 radical (unpaired) electrons. The SMILES string of the molecule is N#Cc1ccc(-c2cc(CNc3nncc(-c4cccc5ccccc45)n3)n[nH]2)cc1. The van der Waals surface area contributed by atoms with E-state index >= 15 is 0 Å². The molecule has 2 heterocycles. The highest BCUT2D eigenvalue weighted by Gasteiger charge is 2.09. The lowest BCUT2D eigenvalue weighted by Gasteiger charge is -2.07. The summed E-state index contributed by atoms with van der Waals surface area (Å²) in [6.07, 6.45) is 1.67. The van der Waals surface area contributed by atoms with Crippen molar-refractivity contribution in [2.75, 3.05) is 5.32 Å². The Morgan fingerprint density at radius 1 is 0.968 bits per heavy atom. The molecule has 0 spiro atoms. The quantitative estimate of drug-likeness (QED) is 0.446. The van der Waals surface area contributed by atoms with Gasteiger partial charge in [0, 0.05) is 5.56 Å². The molecule has 7 heteroatoms. The molecule has 2 N–H and O–H groups in total. The summed E-state index contributed by atoms with van der Waals surface area (Å²) >= 11 is 0. The minimum absolute atomic E-state index is 0.438. The van der Waals surface area contributed by atoms with Crippen molar-refractivity contribution in [3.05, 3.63) is 90.3 Å². The van der Waals surface area contributed by atoms with Crippen LogP contribution in [0.4, 0.5) is 5.95 Å². The Morgan fingerprint density at radius 3 is 2.68 bits per heavy atom. The fourth-order valence-corrected chi connectivity index (χ4v) is 3.45. The van der Waals surface area contributed by atoms with Gasteiger partial charge >= 0.3 is 0 Å². The number of aromatic amines is 1. The molecular weight excluding hydrogens is 386 g/mol. The molecule has 7 nitrogen and oxygen atoms in total. The average Bonchev–Trinajstić information content (AvgIpc) is 3.32. The topological polar surface area (TPSA) is 103 Å². The summed E-state index contributed by atoms with van der Waals surface area (Å²) in [5.74, 6) is 0.438. The highest BCUT2D eigenvalue weighted by Crippen LogP contribution is 2.27. The van der Waals surface area contributed by atoms with E-state index in [2.05, 4.69) is 55.0 Å². The minimum atomic E-state index is 0.438. The van der Waals surface area contributed by atoms with Gasteiger partial charge in [-0.3, -0.25) is 5.10 Å². The summed E-state index contributed by atoms with van der Waals surface area (Å²) in [6, 6.07) is 25.8. The van der Waals surface area contributed by atoms with Crippen LogP contribution in [0.25, 0.3) is 33.3 Å². The summed E-state index contributed by atoms with van der Waals surface area (Å²) in [5.41, 5.74) is 5.06. The molecule has 0 bridgehead atoms. The first kappa shape index (κ1) is 18.5. The molecule has 0 atom stereocenters. The van der Waals surface area contributed by atoms with E-state index in [-0.39, 0.29) is 0 Å². The Labute approximate surface area is 178 Å². The van der Waals surface area contributed by atoms with Gasteiger partial charge in [0.05, 0.1) is 41.5 Å². The van der Waals surface area contributed by atoms with Crippen LogP contribution in [-0.4, -0.2) is 25.4 Å². The van der Waals surface area contributed by atoms with Crippen molar-refractivity contribution >= 4 is 16.7 Å². The van der Waals surface area contributed by atoms with Crippen molar-refractivity contribution in [2.45, 2.75) is 6.54 Å². The van der Waals surface area contributed by atoms with E-state index in [0.29, 0.717) is 18.1 Å². The molecule has 0 saturated heterocycles. The predicted octanol–water partition coefficient (Wildman–Crippen LogP) is 4.57. The second kappa shape index (κ2) is 8.05. The van der Waals surface area contributed by atoms with Gasteiger partial charge < -0.3 is 5.32 Å². The normalized spacial score (nSPS) is 10.7. The molecule has 0 aliphatic carbocycles. The van der Waals surface area contributed by atoms with Crippen molar-refractivity contribution in [3.8, 4) is 28.6 Å². The number of hydrogen-bond acceptors (Lipinski definition) is 6. The van der Waals surface area contributed by atoms with Crippen molar-refractivity contribution < 1.29 is 0 Å². The van der Waals surface area contributed by atoms with Gasteiger partial charge in [-0.25, -0.2) is 4.98 Å². The standard InChI is InChI=1S/C24H17N7/c25-13-16-8-10-18(11-9-16)22-12-19(29-30-22)14-26-24-28-23(15-27-31-24)21-7-3-5-17-4-1-2-6-20(17)21/h1-12,15H,14H2,(H,29,30)(H,26,28,31). The first-order valence-electron chi connectivity index (χ1n) is 9.77. The lowest BCUT2D eigenvalue weighted by molar-refractivity contribution is 0.923. The van der Waals surface area contributed by atoms with Gasteiger partial charge in [-0.1, -0.05) is 54.6 Å². The summed E-state index contributed by atoms with van der Waals surface area (Å²) < 4.78 is 0. The van der Waals surface area contributed by atoms with E-state index in [4.69, 9.17) is 5.26 Å². The highest BCUT2D eigenvalue weighted by molar-refractivity contribution is 5.95. The van der Waals surface area contributed by atoms with Crippen LogP contribution in [0.1, 0.15) is 11.3 Å². The number of nitrogens with zero attached hydrogens (tertiary/aromatic N) is 5. The van der Waals surface area contributed by atoms with Crippen molar-refractivity contribution in [1.82, 2.24) is 25.4 Å². The van der Waals surface area contributed by atoms with Crippen molar-refractivity contribution in [1.29, 1.82) is 5.26 Å². The van der Waals surface area contributed by atoms with Crippen LogP contribution in [0.5, 0.6) is 0 Å².